The molecule has 0 saturated carbocycles. The molecule has 0 saturated heterocycles. The van der Waals surface area contributed by atoms with Gasteiger partial charge in [-0.3, -0.25) is 9.59 Å². The van der Waals surface area contributed by atoms with Crippen LogP contribution in [-0.2, 0) is 16.0 Å². The van der Waals surface area contributed by atoms with Crippen molar-refractivity contribution in [2.45, 2.75) is 33.1 Å². The molecule has 0 spiro atoms. The van der Waals surface area contributed by atoms with Crippen molar-refractivity contribution < 1.29 is 9.59 Å². The number of anilines is 2. The van der Waals surface area contributed by atoms with Crippen LogP contribution in [0.15, 0.2) is 48.5 Å². The monoisotopic (exact) mass is 310 g/mol. The second kappa shape index (κ2) is 7.58. The molecule has 2 amide bonds. The summed E-state index contributed by atoms with van der Waals surface area (Å²) in [5, 5.41) is 5.27. The molecule has 23 heavy (non-hydrogen) atoms. The van der Waals surface area contributed by atoms with Gasteiger partial charge in [-0.25, -0.2) is 0 Å². The second-order valence-electron chi connectivity index (χ2n) is 5.70. The highest BCUT2D eigenvalue weighted by molar-refractivity contribution is 6.43. The standard InChI is InChI=1S/C19H22N2O2/c1-4-14-7-5-6-8-17(14)21-19(23)18(22)20-16-11-9-15(10-12-16)13(2)3/h5-13H,4H2,1-3H3,(H,20,22)(H,21,23). The quantitative estimate of drug-likeness (QED) is 0.840. The molecule has 0 aromatic heterocycles. The molecular formula is C19H22N2O2. The van der Waals surface area contributed by atoms with E-state index in [9.17, 15) is 9.59 Å². The summed E-state index contributed by atoms with van der Waals surface area (Å²) in [4.78, 5) is 24.0. The molecule has 0 radical (unpaired) electrons. The fourth-order valence-electron chi connectivity index (χ4n) is 2.27. The number of carbonyl (C=O) groups is 2. The Labute approximate surface area is 136 Å². The number of hydrogen-bond acceptors (Lipinski definition) is 2. The maximum Gasteiger partial charge on any atom is 0.314 e. The zero-order valence-corrected chi connectivity index (χ0v) is 13.7. The Bertz CT molecular complexity index is 691. The minimum absolute atomic E-state index is 0.425. The van der Waals surface area contributed by atoms with Gasteiger partial charge in [0.25, 0.3) is 0 Å². The van der Waals surface area contributed by atoms with Crippen molar-refractivity contribution >= 4 is 23.2 Å². The van der Waals surface area contributed by atoms with Gasteiger partial charge in [-0.2, -0.15) is 0 Å². The van der Waals surface area contributed by atoms with Crippen LogP contribution in [0.25, 0.3) is 0 Å². The molecule has 2 aromatic rings. The summed E-state index contributed by atoms with van der Waals surface area (Å²) in [5.41, 5.74) is 3.46. The zero-order chi connectivity index (χ0) is 16.8. The summed E-state index contributed by atoms with van der Waals surface area (Å²) in [6.45, 7) is 6.21. The number of rotatable bonds is 4. The molecule has 0 atom stereocenters. The van der Waals surface area contributed by atoms with Crippen LogP contribution in [0.3, 0.4) is 0 Å². The molecule has 4 nitrogen and oxygen atoms in total. The van der Waals surface area contributed by atoms with Gasteiger partial charge in [0.05, 0.1) is 0 Å². The van der Waals surface area contributed by atoms with Gasteiger partial charge >= 0.3 is 11.8 Å². The Morgan fingerprint density at radius 1 is 0.913 bits per heavy atom. The summed E-state index contributed by atoms with van der Waals surface area (Å²) < 4.78 is 0. The number of hydrogen-bond donors (Lipinski definition) is 2. The van der Waals surface area contributed by atoms with E-state index in [-0.39, 0.29) is 0 Å². The van der Waals surface area contributed by atoms with E-state index in [0.29, 0.717) is 17.3 Å². The van der Waals surface area contributed by atoms with Crippen LogP contribution in [0.1, 0.15) is 37.8 Å². The number of nitrogens with one attached hydrogen (secondary N) is 2. The summed E-state index contributed by atoms with van der Waals surface area (Å²) in [6.07, 6.45) is 0.786. The molecule has 2 N–H and O–H groups in total. The van der Waals surface area contributed by atoms with Gasteiger partial charge in [0, 0.05) is 11.4 Å². The van der Waals surface area contributed by atoms with E-state index in [4.69, 9.17) is 0 Å². The lowest BCUT2D eigenvalue weighted by molar-refractivity contribution is -0.133. The third-order valence-electron chi connectivity index (χ3n) is 3.69. The fraction of sp³-hybridized carbons (Fsp3) is 0.263. The van der Waals surface area contributed by atoms with E-state index >= 15 is 0 Å². The van der Waals surface area contributed by atoms with Crippen LogP contribution < -0.4 is 10.6 Å². The van der Waals surface area contributed by atoms with Gasteiger partial charge in [0.1, 0.15) is 0 Å². The molecule has 0 fully saturated rings. The summed E-state index contributed by atoms with van der Waals surface area (Å²) in [6, 6.07) is 15.0. The smallest absolute Gasteiger partial charge is 0.314 e. The van der Waals surface area contributed by atoms with Crippen molar-refractivity contribution in [3.05, 3.63) is 59.7 Å². The molecule has 0 heterocycles. The lowest BCUT2D eigenvalue weighted by Gasteiger charge is -2.10. The fourth-order valence-corrected chi connectivity index (χ4v) is 2.27. The van der Waals surface area contributed by atoms with Crippen molar-refractivity contribution in [2.75, 3.05) is 10.6 Å². The van der Waals surface area contributed by atoms with Gasteiger partial charge in [-0.15, -0.1) is 0 Å². The van der Waals surface area contributed by atoms with Gasteiger partial charge in [0.15, 0.2) is 0 Å². The largest absolute Gasteiger partial charge is 0.318 e. The number of benzene rings is 2. The summed E-state index contributed by atoms with van der Waals surface area (Å²) in [5.74, 6) is -0.916. The Kier molecular flexibility index (Phi) is 5.52. The normalized spacial score (nSPS) is 10.4. The lowest BCUT2D eigenvalue weighted by atomic mass is 10.0. The topological polar surface area (TPSA) is 58.2 Å². The summed E-state index contributed by atoms with van der Waals surface area (Å²) in [7, 11) is 0. The van der Waals surface area contributed by atoms with Gasteiger partial charge < -0.3 is 10.6 Å². The van der Waals surface area contributed by atoms with E-state index in [0.717, 1.165) is 12.0 Å². The number of aryl methyl sites for hydroxylation is 1. The highest BCUT2D eigenvalue weighted by atomic mass is 16.2. The van der Waals surface area contributed by atoms with E-state index in [1.165, 1.54) is 5.56 Å². The van der Waals surface area contributed by atoms with Crippen molar-refractivity contribution in [3.63, 3.8) is 0 Å². The zero-order valence-electron chi connectivity index (χ0n) is 13.7. The maximum atomic E-state index is 12.0. The SMILES string of the molecule is CCc1ccccc1NC(=O)C(=O)Nc1ccc(C(C)C)cc1. The van der Waals surface area contributed by atoms with Crippen LogP contribution in [0, 0.1) is 0 Å². The first-order chi connectivity index (χ1) is 11.0. The third kappa shape index (κ3) is 4.42. The van der Waals surface area contributed by atoms with Crippen LogP contribution >= 0.6 is 0 Å². The van der Waals surface area contributed by atoms with Crippen molar-refractivity contribution in [2.24, 2.45) is 0 Å². The maximum absolute atomic E-state index is 12.0. The van der Waals surface area contributed by atoms with Crippen LogP contribution in [0.4, 0.5) is 11.4 Å². The molecular weight excluding hydrogens is 288 g/mol. The van der Waals surface area contributed by atoms with E-state index in [2.05, 4.69) is 24.5 Å². The molecule has 0 aliphatic heterocycles. The van der Waals surface area contributed by atoms with Crippen molar-refractivity contribution in [3.8, 4) is 0 Å². The van der Waals surface area contributed by atoms with Crippen molar-refractivity contribution in [1.29, 1.82) is 0 Å². The number of para-hydroxylation sites is 1. The first kappa shape index (κ1) is 16.7. The minimum Gasteiger partial charge on any atom is -0.318 e. The van der Waals surface area contributed by atoms with E-state index in [1.807, 2.05) is 37.3 Å². The second-order valence-corrected chi connectivity index (χ2v) is 5.70. The van der Waals surface area contributed by atoms with Gasteiger partial charge in [-0.05, 0) is 41.7 Å². The van der Waals surface area contributed by atoms with Crippen LogP contribution in [0.5, 0.6) is 0 Å². The predicted octanol–water partition coefficient (Wildman–Crippen LogP) is 3.95. The predicted molar refractivity (Wildman–Crippen MR) is 93.6 cm³/mol. The van der Waals surface area contributed by atoms with Crippen molar-refractivity contribution in [1.82, 2.24) is 0 Å². The number of amides is 2. The molecule has 4 heteroatoms. The Morgan fingerprint density at radius 2 is 1.52 bits per heavy atom. The van der Waals surface area contributed by atoms with E-state index < -0.39 is 11.8 Å². The van der Waals surface area contributed by atoms with Crippen LogP contribution in [-0.4, -0.2) is 11.8 Å². The highest BCUT2D eigenvalue weighted by Crippen LogP contribution is 2.18. The van der Waals surface area contributed by atoms with Gasteiger partial charge in [0.2, 0.25) is 0 Å². The molecule has 0 aliphatic rings. The highest BCUT2D eigenvalue weighted by Gasteiger charge is 2.15. The summed E-state index contributed by atoms with van der Waals surface area (Å²) >= 11 is 0. The molecule has 2 aromatic carbocycles. The Morgan fingerprint density at radius 3 is 2.13 bits per heavy atom. The average molecular weight is 310 g/mol. The Hall–Kier alpha value is -2.62. The first-order valence-corrected chi connectivity index (χ1v) is 7.81. The van der Waals surface area contributed by atoms with Gasteiger partial charge in [-0.1, -0.05) is 51.1 Å². The minimum atomic E-state index is -0.673. The lowest BCUT2D eigenvalue weighted by Crippen LogP contribution is -2.29. The van der Waals surface area contributed by atoms with E-state index in [1.54, 1.807) is 18.2 Å². The molecule has 2 rings (SSSR count). The number of carbonyl (C=O) groups excluding carboxylic acids is 2. The molecule has 120 valence electrons. The molecule has 0 unspecified atom stereocenters. The Balaban J connectivity index is 2.01. The third-order valence-corrected chi connectivity index (χ3v) is 3.69. The van der Waals surface area contributed by atoms with Crippen LogP contribution in [0.2, 0.25) is 0 Å². The average Bonchev–Trinajstić information content (AvgIpc) is 2.55. The molecule has 0 bridgehead atoms. The molecule has 0 aliphatic carbocycles. The first-order valence-electron chi connectivity index (χ1n) is 7.81.